The van der Waals surface area contributed by atoms with E-state index in [-0.39, 0.29) is 18.1 Å². The van der Waals surface area contributed by atoms with E-state index < -0.39 is 0 Å². The number of carbonyl (C=O) groups is 1. The van der Waals surface area contributed by atoms with Gasteiger partial charge in [-0.25, -0.2) is 0 Å². The van der Waals surface area contributed by atoms with E-state index in [4.69, 9.17) is 4.74 Å². The lowest BCUT2D eigenvalue weighted by Gasteiger charge is -2.35. The number of ether oxygens (including phenoxy) is 1. The molecule has 5 nitrogen and oxygen atoms in total. The second-order valence-corrected chi connectivity index (χ2v) is 4.09. The molecule has 0 radical (unpaired) electrons. The molecule has 1 aliphatic rings. The predicted octanol–water partition coefficient (Wildman–Crippen LogP) is -0.569. The Morgan fingerprint density at radius 1 is 1.69 bits per heavy atom. The van der Waals surface area contributed by atoms with Crippen LogP contribution in [-0.2, 0) is 9.53 Å². The molecule has 0 aromatic heterocycles. The van der Waals surface area contributed by atoms with Crippen LogP contribution in [0.1, 0.15) is 13.8 Å². The van der Waals surface area contributed by atoms with E-state index in [1.54, 1.807) is 7.05 Å². The van der Waals surface area contributed by atoms with Crippen LogP contribution < -0.4 is 10.6 Å². The molecule has 1 fully saturated rings. The van der Waals surface area contributed by atoms with Crippen LogP contribution in [0.4, 0.5) is 0 Å². The van der Waals surface area contributed by atoms with Crippen molar-refractivity contribution in [3.05, 3.63) is 0 Å². The number of likely N-dealkylation sites (N-methyl/N-ethyl adjacent to an activating group) is 2. The molecule has 94 valence electrons. The van der Waals surface area contributed by atoms with Crippen LogP contribution in [0.25, 0.3) is 0 Å². The Morgan fingerprint density at radius 3 is 2.94 bits per heavy atom. The molecule has 2 N–H and O–H groups in total. The predicted molar refractivity (Wildman–Crippen MR) is 63.4 cm³/mol. The van der Waals surface area contributed by atoms with E-state index in [9.17, 15) is 4.79 Å². The normalized spacial score (nSPS) is 23.1. The monoisotopic (exact) mass is 229 g/mol. The molecule has 0 spiro atoms. The summed E-state index contributed by atoms with van der Waals surface area (Å²) < 4.78 is 5.70. The number of morpholine rings is 1. The number of rotatable bonds is 5. The Kier molecular flexibility index (Phi) is 5.73. The van der Waals surface area contributed by atoms with Crippen LogP contribution >= 0.6 is 0 Å². The van der Waals surface area contributed by atoms with Crippen molar-refractivity contribution >= 4 is 5.91 Å². The number of hydrogen-bond acceptors (Lipinski definition) is 4. The zero-order chi connectivity index (χ0) is 12.0. The summed E-state index contributed by atoms with van der Waals surface area (Å²) in [7, 11) is 1.67. The molecule has 16 heavy (non-hydrogen) atoms. The van der Waals surface area contributed by atoms with Crippen LogP contribution in [0.5, 0.6) is 0 Å². The second kappa shape index (κ2) is 6.83. The highest BCUT2D eigenvalue weighted by Crippen LogP contribution is 2.09. The first-order valence-corrected chi connectivity index (χ1v) is 5.96. The second-order valence-electron chi connectivity index (χ2n) is 4.09. The number of nitrogens with one attached hydrogen (secondary N) is 2. The van der Waals surface area contributed by atoms with E-state index in [0.29, 0.717) is 6.54 Å². The van der Waals surface area contributed by atoms with Crippen LogP contribution in [0, 0.1) is 0 Å². The molecule has 2 atom stereocenters. The van der Waals surface area contributed by atoms with Gasteiger partial charge in [0.15, 0.2) is 0 Å². The van der Waals surface area contributed by atoms with Crippen molar-refractivity contribution < 1.29 is 9.53 Å². The van der Waals surface area contributed by atoms with E-state index in [1.807, 2.05) is 0 Å². The Morgan fingerprint density at radius 2 is 2.44 bits per heavy atom. The summed E-state index contributed by atoms with van der Waals surface area (Å²) >= 11 is 0. The molecule has 1 heterocycles. The fourth-order valence-corrected chi connectivity index (χ4v) is 1.94. The molecule has 1 amide bonds. The number of hydrogen-bond donors (Lipinski definition) is 2. The van der Waals surface area contributed by atoms with Crippen molar-refractivity contribution in [1.29, 1.82) is 0 Å². The van der Waals surface area contributed by atoms with Gasteiger partial charge in [0.05, 0.1) is 19.3 Å². The Hall–Kier alpha value is -0.650. The molecule has 5 heteroatoms. The average molecular weight is 229 g/mol. The van der Waals surface area contributed by atoms with Gasteiger partial charge in [-0.15, -0.1) is 0 Å². The van der Waals surface area contributed by atoms with Crippen molar-refractivity contribution in [2.75, 3.05) is 39.8 Å². The minimum atomic E-state index is 0.0532. The topological polar surface area (TPSA) is 53.6 Å². The number of amides is 1. The van der Waals surface area contributed by atoms with E-state index >= 15 is 0 Å². The molecule has 0 aromatic carbocycles. The minimum absolute atomic E-state index is 0.0532. The van der Waals surface area contributed by atoms with Crippen LogP contribution in [-0.4, -0.2) is 62.8 Å². The van der Waals surface area contributed by atoms with E-state index in [2.05, 4.69) is 29.4 Å². The quantitative estimate of drug-likeness (QED) is 0.663. The molecule has 1 rings (SSSR count). The van der Waals surface area contributed by atoms with Crippen molar-refractivity contribution in [1.82, 2.24) is 15.5 Å². The summed E-state index contributed by atoms with van der Waals surface area (Å²) in [6, 6.07) is 0.259. The maximum absolute atomic E-state index is 11.4. The van der Waals surface area contributed by atoms with Gasteiger partial charge in [0.2, 0.25) is 5.91 Å². The maximum atomic E-state index is 11.4. The Balaban J connectivity index is 2.46. The maximum Gasteiger partial charge on any atom is 0.233 e. The number of nitrogens with zero attached hydrogens (tertiary/aromatic N) is 1. The molecule has 1 aliphatic heterocycles. The molecule has 0 bridgehead atoms. The van der Waals surface area contributed by atoms with Gasteiger partial charge in [0.25, 0.3) is 0 Å². The third-order valence-corrected chi connectivity index (χ3v) is 3.10. The lowest BCUT2D eigenvalue weighted by Crippen LogP contribution is -2.52. The number of carbonyl (C=O) groups excluding carboxylic acids is 1. The van der Waals surface area contributed by atoms with Crippen LogP contribution in [0.15, 0.2) is 0 Å². The van der Waals surface area contributed by atoms with Crippen molar-refractivity contribution in [3.63, 3.8) is 0 Å². The highest BCUT2D eigenvalue weighted by atomic mass is 16.5. The summed E-state index contributed by atoms with van der Waals surface area (Å²) in [4.78, 5) is 13.5. The summed E-state index contributed by atoms with van der Waals surface area (Å²) in [5.74, 6) is 0.0532. The highest BCUT2D eigenvalue weighted by molar-refractivity contribution is 5.77. The molecule has 2 unspecified atom stereocenters. The van der Waals surface area contributed by atoms with Gasteiger partial charge < -0.3 is 15.4 Å². The summed E-state index contributed by atoms with van der Waals surface area (Å²) in [6.07, 6.45) is 0.179. The molecule has 0 saturated carbocycles. The third kappa shape index (κ3) is 3.73. The van der Waals surface area contributed by atoms with Gasteiger partial charge in [0, 0.05) is 26.2 Å². The third-order valence-electron chi connectivity index (χ3n) is 3.10. The largest absolute Gasteiger partial charge is 0.374 e. The van der Waals surface area contributed by atoms with Crippen molar-refractivity contribution in [2.24, 2.45) is 0 Å². The van der Waals surface area contributed by atoms with E-state index in [1.165, 1.54) is 0 Å². The van der Waals surface area contributed by atoms with Gasteiger partial charge in [-0.05, 0) is 13.5 Å². The Labute approximate surface area is 97.5 Å². The highest BCUT2D eigenvalue weighted by Gasteiger charge is 2.26. The average Bonchev–Trinajstić information content (AvgIpc) is 2.35. The van der Waals surface area contributed by atoms with Gasteiger partial charge in [-0.2, -0.15) is 0 Å². The van der Waals surface area contributed by atoms with Crippen molar-refractivity contribution in [2.45, 2.75) is 26.0 Å². The van der Waals surface area contributed by atoms with Gasteiger partial charge >= 0.3 is 0 Å². The smallest absolute Gasteiger partial charge is 0.233 e. The lowest BCUT2D eigenvalue weighted by atomic mass is 10.1. The molecule has 0 aromatic rings. The van der Waals surface area contributed by atoms with Crippen LogP contribution in [0.3, 0.4) is 0 Å². The fourth-order valence-electron chi connectivity index (χ4n) is 1.94. The molecule has 0 aliphatic carbocycles. The molecule has 1 saturated heterocycles. The summed E-state index contributed by atoms with van der Waals surface area (Å²) in [6.45, 7) is 8.02. The van der Waals surface area contributed by atoms with Crippen molar-refractivity contribution in [3.8, 4) is 0 Å². The molecular formula is C11H23N3O2. The first-order chi connectivity index (χ1) is 7.69. The summed E-state index contributed by atoms with van der Waals surface area (Å²) in [5.41, 5.74) is 0. The SMILES string of the molecule is CCN(CC(=O)NC)C(C)C1CNCCO1. The Bertz CT molecular complexity index is 217. The molecular weight excluding hydrogens is 206 g/mol. The standard InChI is InChI=1S/C11H23N3O2/c1-4-14(8-11(15)12-3)9(2)10-7-13-5-6-16-10/h9-10,13H,4-8H2,1-3H3,(H,12,15). The first kappa shape index (κ1) is 13.4. The van der Waals surface area contributed by atoms with Gasteiger partial charge in [-0.1, -0.05) is 6.92 Å². The van der Waals surface area contributed by atoms with Gasteiger partial charge in [-0.3, -0.25) is 9.69 Å². The fraction of sp³-hybridized carbons (Fsp3) is 0.909. The van der Waals surface area contributed by atoms with Crippen LogP contribution in [0.2, 0.25) is 0 Å². The zero-order valence-electron chi connectivity index (χ0n) is 10.5. The zero-order valence-corrected chi connectivity index (χ0v) is 10.5. The minimum Gasteiger partial charge on any atom is -0.374 e. The summed E-state index contributed by atoms with van der Waals surface area (Å²) in [5, 5.41) is 5.96. The van der Waals surface area contributed by atoms with Gasteiger partial charge in [0.1, 0.15) is 0 Å². The lowest BCUT2D eigenvalue weighted by molar-refractivity contribution is -0.123. The van der Waals surface area contributed by atoms with E-state index in [0.717, 1.165) is 26.2 Å². The first-order valence-electron chi connectivity index (χ1n) is 5.96.